The number of carbonyl (C=O) groups is 2. The molecule has 42 heavy (non-hydrogen) atoms. The van der Waals surface area contributed by atoms with Gasteiger partial charge < -0.3 is 11.1 Å². The Bertz CT molecular complexity index is 1510. The second kappa shape index (κ2) is 13.8. The van der Waals surface area contributed by atoms with Gasteiger partial charge in [-0.1, -0.05) is 117 Å². The van der Waals surface area contributed by atoms with Crippen molar-refractivity contribution in [3.05, 3.63) is 87.6 Å². The third-order valence-electron chi connectivity index (χ3n) is 8.32. The van der Waals surface area contributed by atoms with Crippen molar-refractivity contribution in [3.8, 4) is 0 Å². The Kier molecular flexibility index (Phi) is 10.6. The van der Waals surface area contributed by atoms with Gasteiger partial charge >= 0.3 is 0 Å². The number of benzene rings is 2. The van der Waals surface area contributed by atoms with Crippen LogP contribution in [0.15, 0.2) is 65.4 Å². The van der Waals surface area contributed by atoms with Crippen LogP contribution in [-0.4, -0.2) is 34.2 Å². The Labute approximate surface area is 257 Å². The molecule has 4 rings (SSSR count). The Morgan fingerprint density at radius 1 is 0.905 bits per heavy atom. The van der Waals surface area contributed by atoms with E-state index < -0.39 is 37.0 Å². The number of nitrogens with two attached hydrogens (primary N) is 1. The highest BCUT2D eigenvalue weighted by Gasteiger charge is 2.57. The van der Waals surface area contributed by atoms with Crippen LogP contribution >= 0.6 is 15.9 Å². The van der Waals surface area contributed by atoms with Gasteiger partial charge in [0.05, 0.1) is 16.0 Å². The molecule has 7 nitrogen and oxygen atoms in total. The van der Waals surface area contributed by atoms with Crippen LogP contribution < -0.4 is 11.1 Å². The fraction of sp³-hybridized carbons (Fsp3) is 0.455. The number of aryl methyl sites for hydroxylation is 2. The first kappa shape index (κ1) is 32.3. The lowest BCUT2D eigenvalue weighted by atomic mass is 9.76. The van der Waals surface area contributed by atoms with Gasteiger partial charge in [-0.25, -0.2) is 0 Å². The van der Waals surface area contributed by atoms with E-state index in [0.29, 0.717) is 0 Å². The lowest BCUT2D eigenvalue weighted by molar-refractivity contribution is 0.0967. The number of fused-ring (bicyclic) bond motifs is 1. The molecule has 0 spiro atoms. The summed E-state index contributed by atoms with van der Waals surface area (Å²) in [7, 11) is -5.01. The number of hydrogen-bond donors (Lipinski definition) is 3. The maximum atomic E-state index is 13.7. The molecule has 0 aliphatic heterocycles. The van der Waals surface area contributed by atoms with Crippen molar-refractivity contribution in [1.82, 2.24) is 0 Å². The second-order valence-corrected chi connectivity index (χ2v) is 14.0. The summed E-state index contributed by atoms with van der Waals surface area (Å²) in [5, 5.41) is 3.30. The standard InChI is InChI=1S/C33H41BrN2O5S/c1-3-4-5-6-7-8-9-10-11-12-15-23-19-18-22(2)26(20-23)36-27-21-28(34)33(35,42(39,40)41)30-29(27)31(37)24-16-13-14-17-25(24)32(30)38/h13-14,16-21,28,36H,3-12,15,35H2,1-2H3,(H,39,40,41). The van der Waals surface area contributed by atoms with E-state index in [-0.39, 0.29) is 22.4 Å². The number of alkyl halides is 1. The molecule has 2 aliphatic rings. The van der Waals surface area contributed by atoms with Crippen LogP contribution in [0.25, 0.3) is 0 Å². The van der Waals surface area contributed by atoms with Gasteiger partial charge in [-0.05, 0) is 43.0 Å². The van der Waals surface area contributed by atoms with Crippen LogP contribution in [0.2, 0.25) is 0 Å². The summed E-state index contributed by atoms with van der Waals surface area (Å²) in [4.78, 5) is 23.7. The molecule has 0 heterocycles. The van der Waals surface area contributed by atoms with Crippen molar-refractivity contribution in [1.29, 1.82) is 0 Å². The Balaban J connectivity index is 1.53. The summed E-state index contributed by atoms with van der Waals surface area (Å²) < 4.78 is 35.4. The quantitative estimate of drug-likeness (QED) is 0.109. The average Bonchev–Trinajstić information content (AvgIpc) is 2.95. The molecule has 0 amide bonds. The first-order valence-corrected chi connectivity index (χ1v) is 17.3. The number of hydrogen-bond acceptors (Lipinski definition) is 6. The minimum absolute atomic E-state index is 0.0512. The molecule has 0 fully saturated rings. The fourth-order valence-corrected chi connectivity index (χ4v) is 7.80. The molecule has 2 atom stereocenters. The lowest BCUT2D eigenvalue weighted by Crippen LogP contribution is -2.60. The molecule has 226 valence electrons. The minimum atomic E-state index is -5.01. The maximum Gasteiger partial charge on any atom is 0.289 e. The molecular formula is C33H41BrN2O5S. The number of nitrogens with one attached hydrogen (secondary N) is 1. The smallest absolute Gasteiger partial charge is 0.289 e. The zero-order valence-electron chi connectivity index (χ0n) is 24.4. The first-order valence-electron chi connectivity index (χ1n) is 14.9. The van der Waals surface area contributed by atoms with Gasteiger partial charge in [0.15, 0.2) is 16.4 Å². The van der Waals surface area contributed by atoms with E-state index in [4.69, 9.17) is 5.73 Å². The summed E-state index contributed by atoms with van der Waals surface area (Å²) in [6.45, 7) is 4.17. The van der Waals surface area contributed by atoms with E-state index in [1.807, 2.05) is 19.1 Å². The molecule has 2 aromatic carbocycles. The van der Waals surface area contributed by atoms with Gasteiger partial charge in [0.25, 0.3) is 10.1 Å². The van der Waals surface area contributed by atoms with E-state index >= 15 is 0 Å². The number of halogens is 1. The monoisotopic (exact) mass is 656 g/mol. The number of anilines is 1. The van der Waals surface area contributed by atoms with Crippen molar-refractivity contribution in [2.24, 2.45) is 5.73 Å². The first-order chi connectivity index (χ1) is 20.0. The molecule has 2 aliphatic carbocycles. The molecule has 0 radical (unpaired) electrons. The molecule has 4 N–H and O–H groups in total. The fourth-order valence-electron chi connectivity index (χ4n) is 5.79. The maximum absolute atomic E-state index is 13.7. The van der Waals surface area contributed by atoms with Crippen LogP contribution in [0, 0.1) is 6.92 Å². The molecule has 0 saturated heterocycles. The van der Waals surface area contributed by atoms with Crippen molar-refractivity contribution in [2.45, 2.75) is 94.2 Å². The van der Waals surface area contributed by atoms with E-state index in [0.717, 1.165) is 29.7 Å². The third kappa shape index (κ3) is 6.64. The molecule has 0 saturated carbocycles. The Morgan fingerprint density at radius 3 is 2.07 bits per heavy atom. The Morgan fingerprint density at radius 2 is 1.48 bits per heavy atom. The number of Topliss-reactive ketones (excluding diaryl/α,β-unsaturated/α-hetero) is 2. The van der Waals surface area contributed by atoms with Gasteiger partial charge in [-0.3, -0.25) is 14.1 Å². The van der Waals surface area contributed by atoms with Crippen molar-refractivity contribution in [2.75, 3.05) is 5.32 Å². The highest BCUT2D eigenvalue weighted by atomic mass is 79.9. The molecular weight excluding hydrogens is 616 g/mol. The number of ketones is 2. The Hall–Kier alpha value is -2.59. The average molecular weight is 658 g/mol. The highest BCUT2D eigenvalue weighted by Crippen LogP contribution is 2.44. The summed E-state index contributed by atoms with van der Waals surface area (Å²) >= 11 is 3.28. The van der Waals surface area contributed by atoms with Gasteiger partial charge in [0.2, 0.25) is 0 Å². The van der Waals surface area contributed by atoms with Gasteiger partial charge in [-0.2, -0.15) is 8.42 Å². The molecule has 2 aromatic rings. The third-order valence-corrected chi connectivity index (χ3v) is 10.9. The molecule has 2 unspecified atom stereocenters. The summed E-state index contributed by atoms with van der Waals surface area (Å²) in [6.07, 6.45) is 15.0. The van der Waals surface area contributed by atoms with Crippen LogP contribution in [0.1, 0.15) is 103 Å². The zero-order valence-corrected chi connectivity index (χ0v) is 26.8. The summed E-state index contributed by atoms with van der Waals surface area (Å²) in [5.74, 6) is -1.24. The van der Waals surface area contributed by atoms with Crippen LogP contribution in [0.3, 0.4) is 0 Å². The van der Waals surface area contributed by atoms with Crippen LogP contribution in [-0.2, 0) is 16.5 Å². The normalized spacial score (nSPS) is 20.3. The summed E-state index contributed by atoms with van der Waals surface area (Å²) in [6, 6.07) is 12.4. The topological polar surface area (TPSA) is 127 Å². The minimum Gasteiger partial charge on any atom is -0.355 e. The number of rotatable bonds is 14. The predicted molar refractivity (Wildman–Crippen MR) is 172 cm³/mol. The largest absolute Gasteiger partial charge is 0.355 e. The predicted octanol–water partition coefficient (Wildman–Crippen LogP) is 7.45. The van der Waals surface area contributed by atoms with Gasteiger partial charge in [0, 0.05) is 22.5 Å². The molecule has 0 aromatic heterocycles. The highest BCUT2D eigenvalue weighted by molar-refractivity contribution is 9.09. The van der Waals surface area contributed by atoms with Crippen molar-refractivity contribution < 1.29 is 22.6 Å². The molecule has 0 bridgehead atoms. The van der Waals surface area contributed by atoms with E-state index in [2.05, 4.69) is 34.2 Å². The second-order valence-electron chi connectivity index (χ2n) is 11.4. The number of allylic oxidation sites excluding steroid dienone is 1. The van der Waals surface area contributed by atoms with E-state index in [9.17, 15) is 22.6 Å². The van der Waals surface area contributed by atoms with Crippen molar-refractivity contribution in [3.63, 3.8) is 0 Å². The number of unbranched alkanes of at least 4 members (excludes halogenated alkanes) is 9. The SMILES string of the molecule is CCCCCCCCCCCCc1ccc(C)c(NC2=CC(Br)C(N)(S(=O)(=O)O)C3=C2C(=O)c2ccccc2C3=O)c1. The van der Waals surface area contributed by atoms with E-state index in [1.54, 1.807) is 12.1 Å². The van der Waals surface area contributed by atoms with Gasteiger partial charge in [-0.15, -0.1) is 0 Å². The van der Waals surface area contributed by atoms with Gasteiger partial charge in [0.1, 0.15) is 0 Å². The van der Waals surface area contributed by atoms with E-state index in [1.165, 1.54) is 76.0 Å². The zero-order chi connectivity index (χ0) is 30.5. The van der Waals surface area contributed by atoms with Crippen LogP contribution in [0.4, 0.5) is 5.69 Å². The number of carbonyl (C=O) groups excluding carboxylic acids is 2. The summed E-state index contributed by atoms with van der Waals surface area (Å²) in [5.41, 5.74) is 8.99. The van der Waals surface area contributed by atoms with Crippen molar-refractivity contribution >= 4 is 43.3 Å². The van der Waals surface area contributed by atoms with Crippen LogP contribution in [0.5, 0.6) is 0 Å². The molecule has 9 heteroatoms. The lowest BCUT2D eigenvalue weighted by Gasteiger charge is -2.39.